The summed E-state index contributed by atoms with van der Waals surface area (Å²) in [6.07, 6.45) is 13.3. The molecule has 0 aliphatic rings. The minimum Gasteiger partial charge on any atom is -1.00 e. The maximum absolute atomic E-state index is 5.27. The molecular formula is C39H55Cl2N3V. The molecule has 0 amide bonds. The molecule has 3 aromatic rings. The Labute approximate surface area is 299 Å². The Bertz CT molecular complexity index is 1230. The van der Waals surface area contributed by atoms with Crippen LogP contribution in [-0.4, -0.2) is 16.4 Å². The SMILES string of the molecule is CCCc1cc(CCC)c(N=C(C)c2cccc(C(C)=Nc3c(CCC)cc(CCC)cc3CCC)n2)c(CCC)c1.[Cl-].[Cl-].[V+2]. The van der Waals surface area contributed by atoms with E-state index >= 15 is 0 Å². The summed E-state index contributed by atoms with van der Waals surface area (Å²) in [6, 6.07) is 15.9. The largest absolute Gasteiger partial charge is 2.00 e. The van der Waals surface area contributed by atoms with Gasteiger partial charge in [0.05, 0.1) is 34.2 Å². The minimum atomic E-state index is 0. The molecule has 3 rings (SSSR count). The fourth-order valence-corrected chi connectivity index (χ4v) is 5.94. The normalized spacial score (nSPS) is 11.5. The number of aliphatic imine (C=N–C) groups is 2. The van der Waals surface area contributed by atoms with Gasteiger partial charge >= 0.3 is 18.6 Å². The molecule has 0 atom stereocenters. The molecule has 0 saturated heterocycles. The number of benzene rings is 2. The van der Waals surface area contributed by atoms with Gasteiger partial charge in [-0.25, -0.2) is 4.98 Å². The van der Waals surface area contributed by atoms with Crippen LogP contribution in [0.25, 0.3) is 0 Å². The molecule has 0 bridgehead atoms. The van der Waals surface area contributed by atoms with Crippen molar-refractivity contribution in [1.82, 2.24) is 4.98 Å². The number of hydrogen-bond donors (Lipinski definition) is 0. The molecule has 0 saturated carbocycles. The van der Waals surface area contributed by atoms with E-state index < -0.39 is 0 Å². The summed E-state index contributed by atoms with van der Waals surface area (Å²) < 4.78 is 0. The number of rotatable bonds is 16. The van der Waals surface area contributed by atoms with Crippen LogP contribution in [0.5, 0.6) is 0 Å². The first-order valence-corrected chi connectivity index (χ1v) is 16.8. The third-order valence-electron chi connectivity index (χ3n) is 7.86. The Morgan fingerprint density at radius 1 is 0.511 bits per heavy atom. The van der Waals surface area contributed by atoms with E-state index in [0.717, 1.165) is 98.4 Å². The maximum atomic E-state index is 5.27. The zero-order valence-corrected chi connectivity index (χ0v) is 32.0. The average Bonchev–Trinajstić information content (AvgIpc) is 2.97. The van der Waals surface area contributed by atoms with Crippen molar-refractivity contribution < 1.29 is 43.4 Å². The number of nitrogens with zero attached hydrogens (tertiary/aromatic N) is 3. The monoisotopic (exact) mass is 686 g/mol. The van der Waals surface area contributed by atoms with Crippen LogP contribution in [0.4, 0.5) is 11.4 Å². The van der Waals surface area contributed by atoms with Crippen molar-refractivity contribution in [3.05, 3.63) is 87.2 Å². The van der Waals surface area contributed by atoms with Crippen molar-refractivity contribution in [2.45, 2.75) is 132 Å². The Balaban J connectivity index is 0.00000645. The number of halogens is 2. The van der Waals surface area contributed by atoms with E-state index in [9.17, 15) is 0 Å². The molecule has 0 aliphatic heterocycles. The van der Waals surface area contributed by atoms with Gasteiger partial charge in [0.25, 0.3) is 0 Å². The van der Waals surface area contributed by atoms with Gasteiger partial charge in [0, 0.05) is 0 Å². The molecule has 6 heteroatoms. The van der Waals surface area contributed by atoms with Crippen molar-refractivity contribution in [3.63, 3.8) is 0 Å². The third kappa shape index (κ3) is 12.3. The second kappa shape index (κ2) is 22.6. The van der Waals surface area contributed by atoms with Crippen molar-refractivity contribution >= 4 is 22.8 Å². The maximum Gasteiger partial charge on any atom is 2.00 e. The second-order valence-corrected chi connectivity index (χ2v) is 11.8. The Kier molecular flexibility index (Phi) is 21.6. The molecule has 45 heavy (non-hydrogen) atoms. The summed E-state index contributed by atoms with van der Waals surface area (Å²) in [4.78, 5) is 15.6. The Hall–Kier alpha value is -1.91. The van der Waals surface area contributed by atoms with Crippen LogP contribution in [0.2, 0.25) is 0 Å². The Morgan fingerprint density at radius 2 is 0.800 bits per heavy atom. The zero-order valence-electron chi connectivity index (χ0n) is 29.1. The van der Waals surface area contributed by atoms with E-state index in [1.54, 1.807) is 0 Å². The van der Waals surface area contributed by atoms with Gasteiger partial charge in [0.2, 0.25) is 0 Å². The molecule has 245 valence electrons. The summed E-state index contributed by atoms with van der Waals surface area (Å²) in [5, 5.41) is 0. The van der Waals surface area contributed by atoms with Gasteiger partial charge in [-0.15, -0.1) is 0 Å². The van der Waals surface area contributed by atoms with Crippen molar-refractivity contribution in [2.24, 2.45) is 9.98 Å². The number of pyridine rings is 1. The van der Waals surface area contributed by atoms with Crippen molar-refractivity contribution in [2.75, 3.05) is 0 Å². The molecule has 0 fully saturated rings. The van der Waals surface area contributed by atoms with Gasteiger partial charge in [0.1, 0.15) is 0 Å². The van der Waals surface area contributed by atoms with E-state index in [2.05, 4.69) is 97.9 Å². The average molecular weight is 688 g/mol. The van der Waals surface area contributed by atoms with Crippen LogP contribution < -0.4 is 24.8 Å². The molecule has 3 nitrogen and oxygen atoms in total. The van der Waals surface area contributed by atoms with Crippen LogP contribution >= 0.6 is 0 Å². The predicted octanol–water partition coefficient (Wildman–Crippen LogP) is 5.08. The topological polar surface area (TPSA) is 37.6 Å². The second-order valence-electron chi connectivity index (χ2n) is 11.8. The van der Waals surface area contributed by atoms with Crippen LogP contribution in [0, 0.1) is 0 Å². The van der Waals surface area contributed by atoms with Crippen molar-refractivity contribution in [3.8, 4) is 0 Å². The first-order chi connectivity index (χ1) is 20.4. The standard InChI is InChI=1S/C39H55N3.2ClH.V/c1-9-16-30-24-32(18-11-3)38(33(25-30)19-12-4)40-28(7)36-22-15-23-37(42-36)29(8)41-39-34(20-13-5)26-31(17-10-2)27-35(39)21-14-6;;;/h15,22-27H,9-14,16-21H2,1-8H3;2*1H;/q;;;+2/p-2. The molecule has 2 aromatic carbocycles. The van der Waals surface area contributed by atoms with Gasteiger partial charge in [-0.3, -0.25) is 9.98 Å². The molecular weight excluding hydrogens is 632 g/mol. The van der Waals surface area contributed by atoms with E-state index in [-0.39, 0.29) is 43.4 Å². The van der Waals surface area contributed by atoms with Crippen LogP contribution in [-0.2, 0) is 57.1 Å². The molecule has 0 aliphatic carbocycles. The zero-order chi connectivity index (χ0) is 30.5. The molecule has 1 radical (unpaired) electrons. The summed E-state index contributed by atoms with van der Waals surface area (Å²) in [5.74, 6) is 0. The Morgan fingerprint density at radius 3 is 1.07 bits per heavy atom. The number of aryl methyl sites for hydroxylation is 6. The van der Waals surface area contributed by atoms with Crippen LogP contribution in [0.1, 0.15) is 139 Å². The summed E-state index contributed by atoms with van der Waals surface area (Å²) in [6.45, 7) is 17.8. The molecule has 1 heterocycles. The fourth-order valence-electron chi connectivity index (χ4n) is 5.94. The van der Waals surface area contributed by atoms with Gasteiger partial charge in [-0.2, -0.15) is 0 Å². The predicted molar refractivity (Wildman–Crippen MR) is 185 cm³/mol. The number of hydrogen-bond acceptors (Lipinski definition) is 3. The van der Waals surface area contributed by atoms with Gasteiger partial charge in [-0.1, -0.05) is 110 Å². The van der Waals surface area contributed by atoms with E-state index in [1.165, 1.54) is 46.2 Å². The molecule has 0 N–H and O–H groups in total. The summed E-state index contributed by atoms with van der Waals surface area (Å²) in [7, 11) is 0. The third-order valence-corrected chi connectivity index (χ3v) is 7.86. The fraction of sp³-hybridized carbons (Fsp3) is 0.513. The quantitative estimate of drug-likeness (QED) is 0.194. The molecule has 0 unspecified atom stereocenters. The first kappa shape index (κ1) is 43.1. The van der Waals surface area contributed by atoms with Crippen LogP contribution in [0.3, 0.4) is 0 Å². The van der Waals surface area contributed by atoms with Gasteiger partial charge in [-0.05, 0) is 97.9 Å². The number of aromatic nitrogens is 1. The van der Waals surface area contributed by atoms with Crippen LogP contribution in [0.15, 0.2) is 52.4 Å². The van der Waals surface area contributed by atoms with E-state index in [1.807, 2.05) is 0 Å². The van der Waals surface area contributed by atoms with Gasteiger partial charge < -0.3 is 24.8 Å². The molecule has 1 aromatic heterocycles. The molecule has 0 spiro atoms. The smallest absolute Gasteiger partial charge is 1.00 e. The van der Waals surface area contributed by atoms with E-state index in [0.29, 0.717) is 0 Å². The van der Waals surface area contributed by atoms with Gasteiger partial charge in [0.15, 0.2) is 0 Å². The summed E-state index contributed by atoms with van der Waals surface area (Å²) in [5.41, 5.74) is 14.5. The van der Waals surface area contributed by atoms with Crippen molar-refractivity contribution in [1.29, 1.82) is 0 Å². The minimum absolute atomic E-state index is 0. The first-order valence-electron chi connectivity index (χ1n) is 16.8. The summed E-state index contributed by atoms with van der Waals surface area (Å²) >= 11 is 0. The van der Waals surface area contributed by atoms with E-state index in [4.69, 9.17) is 15.0 Å².